The molecule has 0 saturated carbocycles. The molecule has 1 atom stereocenters. The number of aromatic nitrogens is 2. The highest BCUT2D eigenvalue weighted by molar-refractivity contribution is 5.07. The molecule has 1 aliphatic rings. The number of hydrogen-bond acceptors (Lipinski definition) is 4. The third kappa shape index (κ3) is 4.18. The van der Waals surface area contributed by atoms with Gasteiger partial charge in [0.05, 0.1) is 24.6 Å². The summed E-state index contributed by atoms with van der Waals surface area (Å²) >= 11 is 0. The van der Waals surface area contributed by atoms with Crippen molar-refractivity contribution in [1.82, 2.24) is 19.4 Å². The molecule has 2 rings (SSSR count). The molecule has 1 saturated heterocycles. The minimum Gasteiger partial charge on any atom is -0.333 e. The maximum Gasteiger partial charge on any atom is 0.401 e. The Labute approximate surface area is 122 Å². The standard InChI is InChI=1S/C13H22F3N5/c1-2-20-10-18-8-12(20)11(7-17)21-5-3-19(4-6-21)9-13(14,15)16/h8,10-11H,2-7,9,17H2,1H3. The maximum atomic E-state index is 12.4. The second-order valence-electron chi connectivity index (χ2n) is 5.28. The molecule has 0 spiro atoms. The molecule has 5 nitrogen and oxygen atoms in total. The highest BCUT2D eigenvalue weighted by Crippen LogP contribution is 2.23. The van der Waals surface area contributed by atoms with Crippen LogP contribution in [0, 0.1) is 0 Å². The number of rotatable bonds is 5. The van der Waals surface area contributed by atoms with Gasteiger partial charge in [-0.05, 0) is 6.92 Å². The van der Waals surface area contributed by atoms with Crippen molar-refractivity contribution >= 4 is 0 Å². The van der Waals surface area contributed by atoms with Crippen LogP contribution in [0.3, 0.4) is 0 Å². The fourth-order valence-electron chi connectivity index (χ4n) is 2.82. The van der Waals surface area contributed by atoms with Gasteiger partial charge in [0.2, 0.25) is 0 Å². The average Bonchev–Trinajstić information content (AvgIpc) is 2.88. The summed E-state index contributed by atoms with van der Waals surface area (Å²) in [6.07, 6.45) is -0.572. The number of halogens is 3. The molecular formula is C13H22F3N5. The molecule has 1 aliphatic heterocycles. The van der Waals surface area contributed by atoms with Crippen LogP contribution in [-0.2, 0) is 6.54 Å². The largest absolute Gasteiger partial charge is 0.401 e. The van der Waals surface area contributed by atoms with E-state index in [9.17, 15) is 13.2 Å². The minimum absolute atomic E-state index is 0.0143. The second kappa shape index (κ2) is 6.76. The molecule has 1 unspecified atom stereocenters. The summed E-state index contributed by atoms with van der Waals surface area (Å²) in [5.74, 6) is 0. The van der Waals surface area contributed by atoms with Crippen molar-refractivity contribution in [3.63, 3.8) is 0 Å². The Balaban J connectivity index is 1.97. The molecule has 0 aliphatic carbocycles. The van der Waals surface area contributed by atoms with E-state index in [-0.39, 0.29) is 6.04 Å². The van der Waals surface area contributed by atoms with Gasteiger partial charge in [-0.25, -0.2) is 4.98 Å². The first-order valence-electron chi connectivity index (χ1n) is 7.18. The van der Waals surface area contributed by atoms with E-state index in [2.05, 4.69) is 9.88 Å². The van der Waals surface area contributed by atoms with Crippen LogP contribution in [0.5, 0.6) is 0 Å². The summed E-state index contributed by atoms with van der Waals surface area (Å²) in [4.78, 5) is 7.74. The quantitative estimate of drug-likeness (QED) is 0.884. The molecular weight excluding hydrogens is 283 g/mol. The van der Waals surface area contributed by atoms with Crippen molar-refractivity contribution in [3.05, 3.63) is 18.2 Å². The molecule has 0 radical (unpaired) electrons. The third-order valence-electron chi connectivity index (χ3n) is 3.90. The molecule has 2 N–H and O–H groups in total. The van der Waals surface area contributed by atoms with E-state index in [1.165, 1.54) is 4.90 Å². The van der Waals surface area contributed by atoms with Crippen LogP contribution in [0.2, 0.25) is 0 Å². The van der Waals surface area contributed by atoms with E-state index in [1.807, 2.05) is 11.5 Å². The zero-order valence-electron chi connectivity index (χ0n) is 12.2. The van der Waals surface area contributed by atoms with Gasteiger partial charge < -0.3 is 10.3 Å². The van der Waals surface area contributed by atoms with Gasteiger partial charge in [0.1, 0.15) is 0 Å². The summed E-state index contributed by atoms with van der Waals surface area (Å²) in [7, 11) is 0. The van der Waals surface area contributed by atoms with Gasteiger partial charge >= 0.3 is 6.18 Å². The highest BCUT2D eigenvalue weighted by Gasteiger charge is 2.33. The van der Waals surface area contributed by atoms with Gasteiger partial charge in [-0.15, -0.1) is 0 Å². The lowest BCUT2D eigenvalue weighted by molar-refractivity contribution is -0.149. The van der Waals surface area contributed by atoms with Crippen LogP contribution in [0.15, 0.2) is 12.5 Å². The number of hydrogen-bond donors (Lipinski definition) is 1. The zero-order valence-corrected chi connectivity index (χ0v) is 12.2. The molecule has 0 amide bonds. The number of aryl methyl sites for hydroxylation is 1. The highest BCUT2D eigenvalue weighted by atomic mass is 19.4. The molecule has 1 fully saturated rings. The molecule has 120 valence electrons. The Morgan fingerprint density at radius 2 is 1.95 bits per heavy atom. The monoisotopic (exact) mass is 305 g/mol. The normalized spacial score (nSPS) is 19.9. The van der Waals surface area contributed by atoms with Crippen molar-refractivity contribution in [2.75, 3.05) is 39.3 Å². The van der Waals surface area contributed by atoms with E-state index in [0.717, 1.165) is 12.2 Å². The van der Waals surface area contributed by atoms with Crippen molar-refractivity contribution in [2.45, 2.75) is 25.7 Å². The van der Waals surface area contributed by atoms with Gasteiger partial charge in [0.25, 0.3) is 0 Å². The zero-order chi connectivity index (χ0) is 15.5. The smallest absolute Gasteiger partial charge is 0.333 e. The average molecular weight is 305 g/mol. The first-order chi connectivity index (χ1) is 9.94. The Hall–Kier alpha value is -1.12. The van der Waals surface area contributed by atoms with Crippen LogP contribution in [-0.4, -0.2) is 64.8 Å². The third-order valence-corrected chi connectivity index (χ3v) is 3.90. The predicted molar refractivity (Wildman–Crippen MR) is 73.8 cm³/mol. The number of nitrogens with zero attached hydrogens (tertiary/aromatic N) is 4. The summed E-state index contributed by atoms with van der Waals surface area (Å²) in [6, 6.07) is 0.0143. The SMILES string of the molecule is CCn1cncc1C(CN)N1CCN(CC(F)(F)F)CC1. The number of piperazine rings is 1. The maximum absolute atomic E-state index is 12.4. The Morgan fingerprint density at radius 3 is 2.48 bits per heavy atom. The summed E-state index contributed by atoms with van der Waals surface area (Å²) in [6.45, 7) is 4.44. The van der Waals surface area contributed by atoms with E-state index >= 15 is 0 Å². The van der Waals surface area contributed by atoms with Crippen LogP contribution in [0.25, 0.3) is 0 Å². The van der Waals surface area contributed by atoms with Crippen LogP contribution in [0.1, 0.15) is 18.7 Å². The van der Waals surface area contributed by atoms with E-state index in [1.54, 1.807) is 12.5 Å². The van der Waals surface area contributed by atoms with E-state index in [0.29, 0.717) is 32.7 Å². The van der Waals surface area contributed by atoms with Crippen molar-refractivity contribution < 1.29 is 13.2 Å². The number of imidazole rings is 1. The van der Waals surface area contributed by atoms with Crippen molar-refractivity contribution in [2.24, 2.45) is 5.73 Å². The van der Waals surface area contributed by atoms with Gasteiger partial charge in [-0.1, -0.05) is 0 Å². The van der Waals surface area contributed by atoms with Crippen molar-refractivity contribution in [1.29, 1.82) is 0 Å². The Bertz CT molecular complexity index is 437. The number of nitrogens with two attached hydrogens (primary N) is 1. The molecule has 2 heterocycles. The number of alkyl halides is 3. The Morgan fingerprint density at radius 1 is 1.29 bits per heavy atom. The van der Waals surface area contributed by atoms with E-state index in [4.69, 9.17) is 5.73 Å². The van der Waals surface area contributed by atoms with Gasteiger partial charge in [-0.3, -0.25) is 9.80 Å². The van der Waals surface area contributed by atoms with Gasteiger partial charge in [0, 0.05) is 45.5 Å². The molecule has 1 aromatic heterocycles. The van der Waals surface area contributed by atoms with Crippen LogP contribution >= 0.6 is 0 Å². The molecule has 1 aromatic rings. The van der Waals surface area contributed by atoms with Crippen LogP contribution < -0.4 is 5.73 Å². The molecule has 0 aromatic carbocycles. The summed E-state index contributed by atoms with van der Waals surface area (Å²) in [5.41, 5.74) is 6.91. The fraction of sp³-hybridized carbons (Fsp3) is 0.769. The van der Waals surface area contributed by atoms with Gasteiger partial charge in [-0.2, -0.15) is 13.2 Å². The first-order valence-corrected chi connectivity index (χ1v) is 7.18. The first kappa shape index (κ1) is 16.3. The second-order valence-corrected chi connectivity index (χ2v) is 5.28. The van der Waals surface area contributed by atoms with E-state index < -0.39 is 12.7 Å². The molecule has 21 heavy (non-hydrogen) atoms. The minimum atomic E-state index is -4.13. The lowest BCUT2D eigenvalue weighted by Gasteiger charge is -2.39. The lowest BCUT2D eigenvalue weighted by atomic mass is 10.1. The van der Waals surface area contributed by atoms with Gasteiger partial charge in [0.15, 0.2) is 0 Å². The van der Waals surface area contributed by atoms with Crippen LogP contribution in [0.4, 0.5) is 13.2 Å². The predicted octanol–water partition coefficient (Wildman–Crippen LogP) is 1.08. The summed E-state index contributed by atoms with van der Waals surface area (Å²) in [5, 5.41) is 0. The molecule has 8 heteroatoms. The molecule has 0 bridgehead atoms. The summed E-state index contributed by atoms with van der Waals surface area (Å²) < 4.78 is 39.2. The lowest BCUT2D eigenvalue weighted by Crippen LogP contribution is -2.51. The Kier molecular flexibility index (Phi) is 5.23. The fourth-order valence-corrected chi connectivity index (χ4v) is 2.82. The van der Waals surface area contributed by atoms with Crippen molar-refractivity contribution in [3.8, 4) is 0 Å². The topological polar surface area (TPSA) is 50.3 Å².